The molecular formula is C18H23NO3. The van der Waals surface area contributed by atoms with Gasteiger partial charge in [0.2, 0.25) is 0 Å². The summed E-state index contributed by atoms with van der Waals surface area (Å²) in [5.41, 5.74) is 2.49. The largest absolute Gasteiger partial charge is 0.484 e. The van der Waals surface area contributed by atoms with E-state index in [1.807, 2.05) is 24.3 Å². The summed E-state index contributed by atoms with van der Waals surface area (Å²) in [4.78, 5) is 11.7. The molecule has 1 aromatic carbocycles. The highest BCUT2D eigenvalue weighted by Gasteiger charge is 2.07. The lowest BCUT2D eigenvalue weighted by molar-refractivity contribution is -0.123. The number of carbonyl (C=O) groups excluding carboxylic acids is 1. The minimum absolute atomic E-state index is 0.0264. The van der Waals surface area contributed by atoms with Crippen molar-refractivity contribution in [1.29, 1.82) is 0 Å². The van der Waals surface area contributed by atoms with Crippen LogP contribution in [0.4, 0.5) is 0 Å². The fraction of sp³-hybridized carbons (Fsp3) is 0.389. The molecule has 0 aliphatic heterocycles. The van der Waals surface area contributed by atoms with E-state index in [1.165, 1.54) is 11.1 Å². The van der Waals surface area contributed by atoms with E-state index in [9.17, 15) is 4.79 Å². The summed E-state index contributed by atoms with van der Waals surface area (Å²) in [5, 5.41) is 2.81. The molecule has 4 nitrogen and oxygen atoms in total. The number of hydrogen-bond acceptors (Lipinski definition) is 3. The monoisotopic (exact) mass is 301 g/mol. The quantitative estimate of drug-likeness (QED) is 0.852. The molecule has 1 amide bonds. The van der Waals surface area contributed by atoms with E-state index in [1.54, 1.807) is 6.26 Å². The van der Waals surface area contributed by atoms with Crippen molar-refractivity contribution in [3.8, 4) is 5.75 Å². The Morgan fingerprint density at radius 1 is 1.32 bits per heavy atom. The molecule has 0 saturated carbocycles. The summed E-state index contributed by atoms with van der Waals surface area (Å²) in [5.74, 6) is 1.94. The van der Waals surface area contributed by atoms with Crippen LogP contribution in [-0.4, -0.2) is 19.1 Å². The molecule has 1 heterocycles. The van der Waals surface area contributed by atoms with Crippen LogP contribution in [0, 0.1) is 6.92 Å². The second-order valence-corrected chi connectivity index (χ2v) is 5.64. The number of benzene rings is 1. The molecule has 0 fully saturated rings. The number of rotatable bonds is 7. The van der Waals surface area contributed by atoms with Gasteiger partial charge in [-0.2, -0.15) is 0 Å². The zero-order chi connectivity index (χ0) is 15.9. The molecule has 22 heavy (non-hydrogen) atoms. The standard InChI is InChI=1S/C18H23NO3/c1-13(2)17-7-6-16(11-14(17)3)22-12-18(20)19-9-8-15-5-4-10-21-15/h4-7,10-11,13H,8-9,12H2,1-3H3,(H,19,20). The summed E-state index contributed by atoms with van der Waals surface area (Å²) >= 11 is 0. The normalized spacial score (nSPS) is 10.7. The number of hydrogen-bond donors (Lipinski definition) is 1. The van der Waals surface area contributed by atoms with Crippen molar-refractivity contribution in [3.05, 3.63) is 53.5 Å². The van der Waals surface area contributed by atoms with E-state index in [-0.39, 0.29) is 12.5 Å². The average Bonchev–Trinajstić information content (AvgIpc) is 2.98. The molecule has 118 valence electrons. The SMILES string of the molecule is Cc1cc(OCC(=O)NCCc2ccco2)ccc1C(C)C. The molecule has 1 N–H and O–H groups in total. The van der Waals surface area contributed by atoms with Crippen LogP contribution in [0.1, 0.15) is 36.7 Å². The zero-order valence-electron chi connectivity index (χ0n) is 13.4. The first-order valence-electron chi connectivity index (χ1n) is 7.58. The van der Waals surface area contributed by atoms with Crippen LogP contribution < -0.4 is 10.1 Å². The molecule has 2 aromatic rings. The highest BCUT2D eigenvalue weighted by atomic mass is 16.5. The van der Waals surface area contributed by atoms with Gasteiger partial charge in [-0.25, -0.2) is 0 Å². The number of amides is 1. The predicted octanol–water partition coefficient (Wildman–Crippen LogP) is 3.45. The van der Waals surface area contributed by atoms with Crippen molar-refractivity contribution in [3.63, 3.8) is 0 Å². The Morgan fingerprint density at radius 3 is 2.77 bits per heavy atom. The fourth-order valence-corrected chi connectivity index (χ4v) is 2.37. The van der Waals surface area contributed by atoms with Gasteiger partial charge < -0.3 is 14.5 Å². The van der Waals surface area contributed by atoms with Crippen LogP contribution in [0.25, 0.3) is 0 Å². The minimum Gasteiger partial charge on any atom is -0.484 e. The highest BCUT2D eigenvalue weighted by Crippen LogP contribution is 2.23. The molecule has 0 unspecified atom stereocenters. The van der Waals surface area contributed by atoms with E-state index in [2.05, 4.69) is 32.2 Å². The Hall–Kier alpha value is -2.23. The highest BCUT2D eigenvalue weighted by molar-refractivity contribution is 5.77. The lowest BCUT2D eigenvalue weighted by atomic mass is 9.98. The number of carbonyl (C=O) groups is 1. The molecule has 0 radical (unpaired) electrons. The van der Waals surface area contributed by atoms with Gasteiger partial charge in [0.15, 0.2) is 6.61 Å². The molecule has 1 aromatic heterocycles. The summed E-state index contributed by atoms with van der Waals surface area (Å²) < 4.78 is 10.7. The van der Waals surface area contributed by atoms with Gasteiger partial charge >= 0.3 is 0 Å². The topological polar surface area (TPSA) is 51.5 Å². The van der Waals surface area contributed by atoms with Crippen molar-refractivity contribution < 1.29 is 13.9 Å². The molecule has 0 saturated heterocycles. The molecule has 0 bridgehead atoms. The van der Waals surface area contributed by atoms with Crippen LogP contribution in [0.3, 0.4) is 0 Å². The zero-order valence-corrected chi connectivity index (χ0v) is 13.4. The smallest absolute Gasteiger partial charge is 0.257 e. The summed E-state index contributed by atoms with van der Waals surface area (Å²) in [7, 11) is 0. The first-order chi connectivity index (χ1) is 10.6. The van der Waals surface area contributed by atoms with E-state index in [0.29, 0.717) is 18.9 Å². The van der Waals surface area contributed by atoms with Gasteiger partial charge in [0, 0.05) is 13.0 Å². The van der Waals surface area contributed by atoms with Gasteiger partial charge in [-0.15, -0.1) is 0 Å². The van der Waals surface area contributed by atoms with Crippen molar-refractivity contribution in [2.45, 2.75) is 33.1 Å². The van der Waals surface area contributed by atoms with Crippen LogP contribution in [0.15, 0.2) is 41.0 Å². The minimum atomic E-state index is -0.128. The molecule has 0 spiro atoms. The molecule has 0 aliphatic rings. The van der Waals surface area contributed by atoms with Crippen molar-refractivity contribution >= 4 is 5.91 Å². The first kappa shape index (κ1) is 16.1. The fourth-order valence-electron chi connectivity index (χ4n) is 2.37. The average molecular weight is 301 g/mol. The Kier molecular flexibility index (Phi) is 5.64. The number of nitrogens with one attached hydrogen (secondary N) is 1. The number of furan rings is 1. The van der Waals surface area contributed by atoms with Crippen molar-refractivity contribution in [2.75, 3.05) is 13.2 Å². The third-order valence-electron chi connectivity index (χ3n) is 3.51. The van der Waals surface area contributed by atoms with Gasteiger partial charge in [0.25, 0.3) is 5.91 Å². The predicted molar refractivity (Wildman–Crippen MR) is 86.2 cm³/mol. The maximum atomic E-state index is 11.7. The maximum absolute atomic E-state index is 11.7. The molecule has 0 atom stereocenters. The maximum Gasteiger partial charge on any atom is 0.257 e. The van der Waals surface area contributed by atoms with Crippen LogP contribution in [0.5, 0.6) is 5.75 Å². The Labute approximate surface area is 131 Å². The Bertz CT molecular complexity index is 603. The molecular weight excluding hydrogens is 278 g/mol. The summed E-state index contributed by atoms with van der Waals surface area (Å²) in [6, 6.07) is 9.68. The van der Waals surface area contributed by atoms with Crippen molar-refractivity contribution in [1.82, 2.24) is 5.32 Å². The number of ether oxygens (including phenoxy) is 1. The van der Waals surface area contributed by atoms with E-state index < -0.39 is 0 Å². The Morgan fingerprint density at radius 2 is 2.14 bits per heavy atom. The number of aryl methyl sites for hydroxylation is 1. The van der Waals surface area contributed by atoms with Crippen LogP contribution in [-0.2, 0) is 11.2 Å². The lowest BCUT2D eigenvalue weighted by Gasteiger charge is -2.12. The first-order valence-corrected chi connectivity index (χ1v) is 7.58. The molecule has 4 heteroatoms. The Balaban J connectivity index is 1.75. The van der Waals surface area contributed by atoms with Gasteiger partial charge in [0.05, 0.1) is 6.26 Å². The third kappa shape index (κ3) is 4.65. The second kappa shape index (κ2) is 7.69. The van der Waals surface area contributed by atoms with E-state index in [0.717, 1.165) is 11.5 Å². The van der Waals surface area contributed by atoms with Crippen molar-refractivity contribution in [2.24, 2.45) is 0 Å². The molecule has 0 aliphatic carbocycles. The summed E-state index contributed by atoms with van der Waals surface area (Å²) in [6.45, 7) is 6.95. The third-order valence-corrected chi connectivity index (χ3v) is 3.51. The van der Waals surface area contributed by atoms with Crippen LogP contribution >= 0.6 is 0 Å². The van der Waals surface area contributed by atoms with Gasteiger partial charge in [0.1, 0.15) is 11.5 Å². The van der Waals surface area contributed by atoms with Gasteiger partial charge in [-0.1, -0.05) is 19.9 Å². The van der Waals surface area contributed by atoms with Gasteiger partial charge in [-0.05, 0) is 48.2 Å². The summed E-state index contributed by atoms with van der Waals surface area (Å²) in [6.07, 6.45) is 2.31. The molecule has 2 rings (SSSR count). The second-order valence-electron chi connectivity index (χ2n) is 5.64. The van der Waals surface area contributed by atoms with E-state index in [4.69, 9.17) is 9.15 Å². The van der Waals surface area contributed by atoms with Crippen LogP contribution in [0.2, 0.25) is 0 Å². The van der Waals surface area contributed by atoms with Gasteiger partial charge in [-0.3, -0.25) is 4.79 Å². The lowest BCUT2D eigenvalue weighted by Crippen LogP contribution is -2.30. The van der Waals surface area contributed by atoms with E-state index >= 15 is 0 Å².